The molecule has 8 nitrogen and oxygen atoms in total. The second-order valence-corrected chi connectivity index (χ2v) is 7.43. The summed E-state index contributed by atoms with van der Waals surface area (Å²) < 4.78 is 8.38. The third-order valence-electron chi connectivity index (χ3n) is 4.86. The van der Waals surface area contributed by atoms with Crippen LogP contribution in [0.4, 0.5) is 0 Å². The van der Waals surface area contributed by atoms with Crippen LogP contribution in [0.2, 0.25) is 0 Å². The molecule has 0 saturated carbocycles. The van der Waals surface area contributed by atoms with Gasteiger partial charge in [-0.05, 0) is 44.4 Å². The van der Waals surface area contributed by atoms with Gasteiger partial charge in [-0.3, -0.25) is 14.6 Å². The van der Waals surface area contributed by atoms with Crippen molar-refractivity contribution in [3.8, 4) is 0 Å². The van der Waals surface area contributed by atoms with Gasteiger partial charge in [0.05, 0.1) is 23.6 Å². The van der Waals surface area contributed by atoms with Gasteiger partial charge in [-0.2, -0.15) is 8.75 Å². The first-order chi connectivity index (χ1) is 13.6. The van der Waals surface area contributed by atoms with E-state index in [1.54, 1.807) is 18.3 Å². The van der Waals surface area contributed by atoms with E-state index in [0.717, 1.165) is 41.3 Å². The van der Waals surface area contributed by atoms with Crippen LogP contribution < -0.4 is 5.32 Å². The standard InChI is InChI=1S/C19H20N6O2S/c1-12-10-21-17(11-20-12)18(26)22-14-3-2-7-25(8-6-14)19(27)13-4-5-15-16(9-13)24-28-23-15/h4-5,9-11,14H,2-3,6-8H2,1H3,(H,22,26)/t14-/m0/s1. The molecule has 3 heterocycles. The number of hydrogen-bond donors (Lipinski definition) is 1. The Morgan fingerprint density at radius 3 is 2.79 bits per heavy atom. The Hall–Kier alpha value is -2.94. The molecule has 0 unspecified atom stereocenters. The fourth-order valence-electron chi connectivity index (χ4n) is 3.31. The van der Waals surface area contributed by atoms with Gasteiger partial charge >= 0.3 is 0 Å². The minimum absolute atomic E-state index is 0.00808. The van der Waals surface area contributed by atoms with Gasteiger partial charge in [0, 0.05) is 30.9 Å². The molecule has 1 aromatic carbocycles. The molecule has 28 heavy (non-hydrogen) atoms. The number of likely N-dealkylation sites (tertiary alicyclic amines) is 1. The molecule has 2 aromatic heterocycles. The van der Waals surface area contributed by atoms with Crippen LogP contribution in [0, 0.1) is 6.92 Å². The number of nitrogens with one attached hydrogen (secondary N) is 1. The number of amides is 2. The van der Waals surface area contributed by atoms with Gasteiger partial charge in [0.1, 0.15) is 16.7 Å². The molecule has 0 radical (unpaired) electrons. The van der Waals surface area contributed by atoms with Crippen LogP contribution in [0.15, 0.2) is 30.6 Å². The van der Waals surface area contributed by atoms with Crippen molar-refractivity contribution in [2.75, 3.05) is 13.1 Å². The summed E-state index contributed by atoms with van der Waals surface area (Å²) in [6, 6.07) is 5.43. The highest BCUT2D eigenvalue weighted by Crippen LogP contribution is 2.18. The molecule has 1 aliphatic heterocycles. The van der Waals surface area contributed by atoms with Gasteiger partial charge in [0.15, 0.2) is 0 Å². The number of fused-ring (bicyclic) bond motifs is 1. The zero-order chi connectivity index (χ0) is 19.5. The molecular formula is C19H20N6O2S. The molecule has 144 valence electrons. The van der Waals surface area contributed by atoms with Crippen molar-refractivity contribution in [3.63, 3.8) is 0 Å². The minimum atomic E-state index is -0.223. The van der Waals surface area contributed by atoms with Crippen molar-refractivity contribution in [1.29, 1.82) is 0 Å². The zero-order valence-corrected chi connectivity index (χ0v) is 16.3. The Morgan fingerprint density at radius 2 is 1.96 bits per heavy atom. The average molecular weight is 396 g/mol. The second kappa shape index (κ2) is 7.97. The van der Waals surface area contributed by atoms with Crippen LogP contribution in [0.3, 0.4) is 0 Å². The van der Waals surface area contributed by atoms with Gasteiger partial charge in [0.25, 0.3) is 11.8 Å². The summed E-state index contributed by atoms with van der Waals surface area (Å²) >= 11 is 1.14. The highest BCUT2D eigenvalue weighted by atomic mass is 32.1. The summed E-state index contributed by atoms with van der Waals surface area (Å²) in [6.07, 6.45) is 5.43. The predicted molar refractivity (Wildman–Crippen MR) is 105 cm³/mol. The van der Waals surface area contributed by atoms with Crippen molar-refractivity contribution in [2.45, 2.75) is 32.2 Å². The minimum Gasteiger partial charge on any atom is -0.348 e. The number of aromatic nitrogens is 4. The van der Waals surface area contributed by atoms with Gasteiger partial charge in [0.2, 0.25) is 0 Å². The molecule has 1 aliphatic rings. The molecule has 2 amide bonds. The number of hydrogen-bond acceptors (Lipinski definition) is 7. The molecule has 1 fully saturated rings. The van der Waals surface area contributed by atoms with Crippen molar-refractivity contribution in [3.05, 3.63) is 47.5 Å². The lowest BCUT2D eigenvalue weighted by Gasteiger charge is -2.21. The third kappa shape index (κ3) is 3.99. The molecular weight excluding hydrogens is 376 g/mol. The Morgan fingerprint density at radius 1 is 1.11 bits per heavy atom. The first-order valence-corrected chi connectivity index (χ1v) is 9.94. The number of rotatable bonds is 3. The second-order valence-electron chi connectivity index (χ2n) is 6.90. The number of benzene rings is 1. The zero-order valence-electron chi connectivity index (χ0n) is 15.5. The quantitative estimate of drug-likeness (QED) is 0.728. The molecule has 1 atom stereocenters. The van der Waals surface area contributed by atoms with Crippen molar-refractivity contribution in [1.82, 2.24) is 28.9 Å². The van der Waals surface area contributed by atoms with Gasteiger partial charge < -0.3 is 10.2 Å². The predicted octanol–water partition coefficient (Wildman–Crippen LogP) is 2.21. The van der Waals surface area contributed by atoms with E-state index in [9.17, 15) is 9.59 Å². The summed E-state index contributed by atoms with van der Waals surface area (Å²) in [5, 5.41) is 3.02. The fourth-order valence-corrected chi connectivity index (χ4v) is 3.83. The van der Waals surface area contributed by atoms with Gasteiger partial charge in [-0.15, -0.1) is 0 Å². The van der Waals surface area contributed by atoms with Crippen molar-refractivity contribution < 1.29 is 9.59 Å². The fraction of sp³-hybridized carbons (Fsp3) is 0.368. The monoisotopic (exact) mass is 396 g/mol. The highest BCUT2D eigenvalue weighted by molar-refractivity contribution is 7.00. The van der Waals surface area contributed by atoms with E-state index in [0.29, 0.717) is 30.8 Å². The van der Waals surface area contributed by atoms with Crippen LogP contribution in [0.5, 0.6) is 0 Å². The lowest BCUT2D eigenvalue weighted by molar-refractivity contribution is 0.0761. The topological polar surface area (TPSA) is 101 Å². The summed E-state index contributed by atoms with van der Waals surface area (Å²) in [5.41, 5.74) is 3.26. The van der Waals surface area contributed by atoms with E-state index in [-0.39, 0.29) is 17.9 Å². The number of aryl methyl sites for hydroxylation is 1. The van der Waals surface area contributed by atoms with Crippen molar-refractivity contribution >= 4 is 34.6 Å². The van der Waals surface area contributed by atoms with Crippen molar-refractivity contribution in [2.24, 2.45) is 0 Å². The third-order valence-corrected chi connectivity index (χ3v) is 5.42. The maximum absolute atomic E-state index is 12.9. The van der Waals surface area contributed by atoms with E-state index in [1.165, 1.54) is 6.20 Å². The summed E-state index contributed by atoms with van der Waals surface area (Å²) in [5.74, 6) is -0.231. The Kier molecular flexibility index (Phi) is 5.25. The van der Waals surface area contributed by atoms with E-state index >= 15 is 0 Å². The smallest absolute Gasteiger partial charge is 0.271 e. The highest BCUT2D eigenvalue weighted by Gasteiger charge is 2.23. The lowest BCUT2D eigenvalue weighted by Crippen LogP contribution is -2.37. The van der Waals surface area contributed by atoms with Crippen LogP contribution in [-0.4, -0.2) is 54.6 Å². The van der Waals surface area contributed by atoms with Crippen LogP contribution >= 0.6 is 11.7 Å². The number of nitrogens with zero attached hydrogens (tertiary/aromatic N) is 5. The van der Waals surface area contributed by atoms with E-state index in [2.05, 4.69) is 24.0 Å². The Balaban J connectivity index is 1.38. The van der Waals surface area contributed by atoms with Crippen LogP contribution in [-0.2, 0) is 0 Å². The summed E-state index contributed by atoms with van der Waals surface area (Å²) in [4.78, 5) is 35.3. The average Bonchev–Trinajstić information content (AvgIpc) is 3.06. The molecule has 0 spiro atoms. The maximum atomic E-state index is 12.9. The molecule has 3 aromatic rings. The van der Waals surface area contributed by atoms with E-state index < -0.39 is 0 Å². The van der Waals surface area contributed by atoms with Crippen LogP contribution in [0.25, 0.3) is 11.0 Å². The number of carbonyl (C=O) groups is 2. The van der Waals surface area contributed by atoms with E-state index in [4.69, 9.17) is 0 Å². The van der Waals surface area contributed by atoms with E-state index in [1.807, 2.05) is 17.9 Å². The van der Waals surface area contributed by atoms with Gasteiger partial charge in [-0.1, -0.05) is 0 Å². The molecule has 4 rings (SSSR count). The first-order valence-electron chi connectivity index (χ1n) is 9.21. The normalized spacial score (nSPS) is 17.3. The molecule has 9 heteroatoms. The summed E-state index contributed by atoms with van der Waals surface area (Å²) in [6.45, 7) is 3.09. The maximum Gasteiger partial charge on any atom is 0.271 e. The van der Waals surface area contributed by atoms with Crippen LogP contribution in [0.1, 0.15) is 45.8 Å². The molecule has 1 N–H and O–H groups in total. The lowest BCUT2D eigenvalue weighted by atomic mass is 10.1. The number of carbonyl (C=O) groups excluding carboxylic acids is 2. The SMILES string of the molecule is Cc1cnc(C(=O)N[C@H]2CCCN(C(=O)c3ccc4nsnc4c3)CC2)cn1. The molecule has 1 saturated heterocycles. The largest absolute Gasteiger partial charge is 0.348 e. The Labute approximate surface area is 166 Å². The Bertz CT molecular complexity index is 1000. The summed E-state index contributed by atoms with van der Waals surface area (Å²) in [7, 11) is 0. The van der Waals surface area contributed by atoms with Gasteiger partial charge in [-0.25, -0.2) is 4.98 Å². The molecule has 0 bridgehead atoms. The molecule has 0 aliphatic carbocycles. The first kappa shape index (κ1) is 18.4.